The topological polar surface area (TPSA) is 105 Å². The Kier molecular flexibility index (Phi) is 4.27. The first-order valence-corrected chi connectivity index (χ1v) is 7.16. The molecule has 2 aliphatic heterocycles. The fourth-order valence-electron chi connectivity index (χ4n) is 2.84. The summed E-state index contributed by atoms with van der Waals surface area (Å²) in [5, 5.41) is 4.89. The lowest BCUT2D eigenvalue weighted by Crippen LogP contribution is -2.61. The summed E-state index contributed by atoms with van der Waals surface area (Å²) in [7, 11) is 0. The van der Waals surface area contributed by atoms with Gasteiger partial charge in [0.15, 0.2) is 0 Å². The lowest BCUT2D eigenvalue weighted by atomic mass is 9.88. The second-order valence-corrected chi connectivity index (χ2v) is 5.60. The molecule has 0 bridgehead atoms. The van der Waals surface area contributed by atoms with Crippen LogP contribution in [0.1, 0.15) is 39.0 Å². The molecule has 0 radical (unpaired) electrons. The summed E-state index contributed by atoms with van der Waals surface area (Å²) in [5.41, 5.74) is 4.94. The summed E-state index contributed by atoms with van der Waals surface area (Å²) >= 11 is 0. The van der Waals surface area contributed by atoms with Crippen molar-refractivity contribution in [3.8, 4) is 0 Å². The lowest BCUT2D eigenvalue weighted by Gasteiger charge is -2.39. The van der Waals surface area contributed by atoms with Gasteiger partial charge in [0.05, 0.1) is 12.6 Å². The van der Waals surface area contributed by atoms with Crippen LogP contribution in [0.2, 0.25) is 0 Å². The van der Waals surface area contributed by atoms with E-state index in [-0.39, 0.29) is 18.4 Å². The molecule has 0 saturated carbocycles. The van der Waals surface area contributed by atoms with Gasteiger partial charge in [-0.15, -0.1) is 0 Å². The van der Waals surface area contributed by atoms with Crippen LogP contribution in [0.25, 0.3) is 0 Å². The van der Waals surface area contributed by atoms with Crippen LogP contribution in [0.3, 0.4) is 0 Å². The van der Waals surface area contributed by atoms with Crippen LogP contribution in [0.15, 0.2) is 0 Å². The number of hydrogen-bond acceptors (Lipinski definition) is 4. The van der Waals surface area contributed by atoms with Gasteiger partial charge < -0.3 is 16.0 Å². The highest BCUT2D eigenvalue weighted by molar-refractivity contribution is 6.07. The first-order chi connectivity index (χ1) is 9.48. The Morgan fingerprint density at radius 1 is 1.50 bits per heavy atom. The van der Waals surface area contributed by atoms with E-state index >= 15 is 0 Å². The van der Waals surface area contributed by atoms with Gasteiger partial charge in [-0.2, -0.15) is 0 Å². The first kappa shape index (κ1) is 14.8. The zero-order valence-corrected chi connectivity index (χ0v) is 11.8. The minimum absolute atomic E-state index is 0.133. The highest BCUT2D eigenvalue weighted by Gasteiger charge is 2.49. The summed E-state index contributed by atoms with van der Waals surface area (Å²) < 4.78 is 0. The predicted octanol–water partition coefficient (Wildman–Crippen LogP) is -0.295. The normalized spacial score (nSPS) is 27.4. The van der Waals surface area contributed by atoms with E-state index in [1.54, 1.807) is 4.90 Å². The molecule has 2 heterocycles. The molecule has 0 aromatic rings. The number of nitrogens with one attached hydrogen (secondary N) is 2. The van der Waals surface area contributed by atoms with E-state index in [2.05, 4.69) is 10.6 Å². The molecule has 2 saturated heterocycles. The van der Waals surface area contributed by atoms with Crippen molar-refractivity contribution in [1.82, 2.24) is 15.5 Å². The molecule has 4 amide bonds. The maximum Gasteiger partial charge on any atom is 0.322 e. The van der Waals surface area contributed by atoms with Crippen molar-refractivity contribution in [3.63, 3.8) is 0 Å². The molecule has 0 aromatic heterocycles. The highest BCUT2D eigenvalue weighted by atomic mass is 16.2. The Morgan fingerprint density at radius 2 is 2.25 bits per heavy atom. The van der Waals surface area contributed by atoms with Crippen molar-refractivity contribution in [2.24, 2.45) is 5.73 Å². The lowest BCUT2D eigenvalue weighted by molar-refractivity contribution is -0.137. The molecule has 2 atom stereocenters. The average molecular weight is 282 g/mol. The number of nitrogens with two attached hydrogens (primary N) is 1. The number of hydrogen-bond donors (Lipinski definition) is 3. The second-order valence-electron chi connectivity index (χ2n) is 5.60. The number of carbonyl (C=O) groups is 3. The van der Waals surface area contributed by atoms with Crippen LogP contribution < -0.4 is 16.4 Å². The minimum Gasteiger partial charge on any atom is -0.338 e. The summed E-state index contributed by atoms with van der Waals surface area (Å²) in [6, 6.07) is -1.01. The van der Waals surface area contributed by atoms with Crippen molar-refractivity contribution in [2.75, 3.05) is 13.1 Å². The number of imide groups is 1. The quantitative estimate of drug-likeness (QED) is 0.616. The highest BCUT2D eigenvalue weighted by Crippen LogP contribution is 2.25. The van der Waals surface area contributed by atoms with Crippen molar-refractivity contribution >= 4 is 17.8 Å². The van der Waals surface area contributed by atoms with E-state index in [9.17, 15) is 14.4 Å². The Balaban J connectivity index is 2.02. The predicted molar refractivity (Wildman–Crippen MR) is 72.7 cm³/mol. The fourth-order valence-corrected chi connectivity index (χ4v) is 2.84. The van der Waals surface area contributed by atoms with E-state index in [0.29, 0.717) is 25.8 Å². The molecular formula is C13H22N4O3. The standard InChI is InChI=1S/C13H22N4O3/c1-2-3-5-9(14)10(18)17-7-4-6-13(8-17)11(19)15-12(20)16-13/h9H,2-8,14H2,1H3,(H2,15,16,19,20)/t9-,13?/m0/s1. The van der Waals surface area contributed by atoms with Gasteiger partial charge in [-0.05, 0) is 19.3 Å². The van der Waals surface area contributed by atoms with Crippen LogP contribution in [0.5, 0.6) is 0 Å². The van der Waals surface area contributed by atoms with E-state index in [1.807, 2.05) is 6.92 Å². The van der Waals surface area contributed by atoms with Gasteiger partial charge >= 0.3 is 6.03 Å². The van der Waals surface area contributed by atoms with Gasteiger partial charge in [-0.1, -0.05) is 19.8 Å². The molecule has 0 aromatic carbocycles. The van der Waals surface area contributed by atoms with Crippen LogP contribution >= 0.6 is 0 Å². The molecule has 1 unspecified atom stereocenters. The third-order valence-corrected chi connectivity index (χ3v) is 4.00. The molecule has 20 heavy (non-hydrogen) atoms. The molecule has 0 aliphatic carbocycles. The Bertz CT molecular complexity index is 426. The molecule has 112 valence electrons. The number of nitrogens with zero attached hydrogens (tertiary/aromatic N) is 1. The van der Waals surface area contributed by atoms with Crippen LogP contribution in [-0.4, -0.2) is 47.4 Å². The molecule has 7 heteroatoms. The molecule has 4 N–H and O–H groups in total. The third-order valence-electron chi connectivity index (χ3n) is 4.00. The number of carbonyl (C=O) groups excluding carboxylic acids is 3. The summed E-state index contributed by atoms with van der Waals surface area (Å²) in [6.07, 6.45) is 3.78. The maximum atomic E-state index is 12.3. The zero-order chi connectivity index (χ0) is 14.8. The van der Waals surface area contributed by atoms with Crippen molar-refractivity contribution in [3.05, 3.63) is 0 Å². The molecule has 2 aliphatic rings. The van der Waals surface area contributed by atoms with Gasteiger partial charge in [-0.25, -0.2) is 4.79 Å². The first-order valence-electron chi connectivity index (χ1n) is 7.16. The number of urea groups is 1. The summed E-state index contributed by atoms with van der Waals surface area (Å²) in [5.74, 6) is -0.478. The second kappa shape index (κ2) is 5.78. The van der Waals surface area contributed by atoms with Gasteiger partial charge in [-0.3, -0.25) is 14.9 Å². The Hall–Kier alpha value is -1.63. The summed E-state index contributed by atoms with van der Waals surface area (Å²) in [6.45, 7) is 2.85. The van der Waals surface area contributed by atoms with E-state index in [0.717, 1.165) is 12.8 Å². The largest absolute Gasteiger partial charge is 0.338 e. The molecule has 2 fully saturated rings. The molecule has 2 rings (SSSR count). The third kappa shape index (κ3) is 2.77. The van der Waals surface area contributed by atoms with Gasteiger partial charge in [0, 0.05) is 6.54 Å². The number of piperidine rings is 1. The van der Waals surface area contributed by atoms with Crippen molar-refractivity contribution in [1.29, 1.82) is 0 Å². The molecule has 7 nitrogen and oxygen atoms in total. The van der Waals surface area contributed by atoms with Crippen LogP contribution in [0.4, 0.5) is 4.79 Å². The Morgan fingerprint density at radius 3 is 2.85 bits per heavy atom. The molecule has 1 spiro atoms. The number of unbranched alkanes of at least 4 members (excludes halogenated alkanes) is 1. The van der Waals surface area contributed by atoms with E-state index in [1.165, 1.54) is 0 Å². The smallest absolute Gasteiger partial charge is 0.322 e. The average Bonchev–Trinajstić information content (AvgIpc) is 2.69. The monoisotopic (exact) mass is 282 g/mol. The van der Waals surface area contributed by atoms with Gasteiger partial charge in [0.25, 0.3) is 5.91 Å². The molecular weight excluding hydrogens is 260 g/mol. The van der Waals surface area contributed by atoms with Crippen molar-refractivity contribution in [2.45, 2.75) is 50.6 Å². The Labute approximate surface area is 118 Å². The van der Waals surface area contributed by atoms with Crippen LogP contribution in [-0.2, 0) is 9.59 Å². The van der Waals surface area contributed by atoms with Gasteiger partial charge in [0.1, 0.15) is 5.54 Å². The van der Waals surface area contributed by atoms with E-state index < -0.39 is 17.6 Å². The van der Waals surface area contributed by atoms with Crippen LogP contribution in [0, 0.1) is 0 Å². The SMILES string of the molecule is CCCC[C@H](N)C(=O)N1CCCC2(C1)NC(=O)NC2=O. The maximum absolute atomic E-state index is 12.3. The summed E-state index contributed by atoms with van der Waals surface area (Å²) in [4.78, 5) is 37.1. The number of likely N-dealkylation sites (tertiary alicyclic amines) is 1. The number of amides is 4. The zero-order valence-electron chi connectivity index (χ0n) is 11.8. The van der Waals surface area contributed by atoms with Gasteiger partial charge in [0.2, 0.25) is 5.91 Å². The minimum atomic E-state index is -0.963. The van der Waals surface area contributed by atoms with Crippen molar-refractivity contribution < 1.29 is 14.4 Å². The fraction of sp³-hybridized carbons (Fsp3) is 0.769. The number of rotatable bonds is 4. The van der Waals surface area contributed by atoms with E-state index in [4.69, 9.17) is 5.73 Å².